The molecule has 17 heavy (non-hydrogen) atoms. The van der Waals surface area contributed by atoms with E-state index in [-0.39, 0.29) is 19.0 Å². The first-order valence-electron chi connectivity index (χ1n) is 5.05. The van der Waals surface area contributed by atoms with E-state index in [9.17, 15) is 4.39 Å². The van der Waals surface area contributed by atoms with E-state index in [0.717, 1.165) is 0 Å². The summed E-state index contributed by atoms with van der Waals surface area (Å²) in [6.07, 6.45) is 0. The molecule has 0 spiro atoms. The monoisotopic (exact) mass is 237 g/mol. The molecule has 0 fully saturated rings. The second kappa shape index (κ2) is 5.03. The van der Waals surface area contributed by atoms with E-state index in [2.05, 4.69) is 10.3 Å². The molecule has 1 aromatic heterocycles. The average molecular weight is 237 g/mol. The van der Waals surface area contributed by atoms with Gasteiger partial charge in [-0.25, -0.2) is 9.07 Å². The molecular weight excluding hydrogens is 225 g/mol. The Hall–Kier alpha value is -1.79. The lowest BCUT2D eigenvalue weighted by Crippen LogP contribution is -2.05. The fourth-order valence-corrected chi connectivity index (χ4v) is 1.53. The van der Waals surface area contributed by atoms with Crippen LogP contribution in [0, 0.1) is 5.82 Å². The molecule has 0 radical (unpaired) electrons. The van der Waals surface area contributed by atoms with Gasteiger partial charge < -0.3 is 9.84 Å². The van der Waals surface area contributed by atoms with Crippen molar-refractivity contribution in [3.8, 4) is 5.69 Å². The number of halogens is 1. The Morgan fingerprint density at radius 1 is 1.35 bits per heavy atom. The Morgan fingerprint density at radius 2 is 2.06 bits per heavy atom. The Balaban J connectivity index is 2.43. The first-order chi connectivity index (χ1) is 8.26. The first-order valence-corrected chi connectivity index (χ1v) is 5.05. The summed E-state index contributed by atoms with van der Waals surface area (Å²) in [5.41, 5.74) is 1.78. The molecule has 0 atom stereocenters. The highest BCUT2D eigenvalue weighted by atomic mass is 19.1. The molecule has 0 saturated heterocycles. The number of methoxy groups -OCH3 is 1. The van der Waals surface area contributed by atoms with Gasteiger partial charge in [-0.05, 0) is 24.3 Å². The van der Waals surface area contributed by atoms with Gasteiger partial charge >= 0.3 is 0 Å². The molecule has 1 aromatic carbocycles. The van der Waals surface area contributed by atoms with E-state index in [0.29, 0.717) is 17.1 Å². The number of hydrogen-bond acceptors (Lipinski definition) is 4. The summed E-state index contributed by atoms with van der Waals surface area (Å²) in [6.45, 7) is 0.0696. The van der Waals surface area contributed by atoms with Crippen molar-refractivity contribution in [3.63, 3.8) is 0 Å². The Bertz CT molecular complexity index is 496. The number of hydrogen-bond donors (Lipinski definition) is 1. The van der Waals surface area contributed by atoms with Crippen molar-refractivity contribution < 1.29 is 14.2 Å². The molecule has 0 amide bonds. The van der Waals surface area contributed by atoms with Crippen molar-refractivity contribution in [2.24, 2.45) is 0 Å². The second-order valence-corrected chi connectivity index (χ2v) is 3.46. The molecule has 0 aliphatic carbocycles. The average Bonchev–Trinajstić information content (AvgIpc) is 2.74. The highest BCUT2D eigenvalue weighted by molar-refractivity contribution is 5.33. The predicted octanol–water partition coefficient (Wildman–Crippen LogP) is 1.05. The molecular formula is C11H12FN3O2. The number of benzene rings is 1. The van der Waals surface area contributed by atoms with Crippen LogP contribution in [0.25, 0.3) is 5.69 Å². The van der Waals surface area contributed by atoms with E-state index in [1.54, 1.807) is 19.2 Å². The second-order valence-electron chi connectivity index (χ2n) is 3.46. The van der Waals surface area contributed by atoms with Crippen LogP contribution in [-0.2, 0) is 18.0 Å². The fourth-order valence-electron chi connectivity index (χ4n) is 1.53. The molecule has 90 valence electrons. The van der Waals surface area contributed by atoms with Gasteiger partial charge in [-0.3, -0.25) is 0 Å². The lowest BCUT2D eigenvalue weighted by atomic mass is 10.3. The van der Waals surface area contributed by atoms with Crippen LogP contribution in [0.1, 0.15) is 11.4 Å². The van der Waals surface area contributed by atoms with E-state index in [1.807, 2.05) is 0 Å². The molecule has 2 rings (SSSR count). The minimum absolute atomic E-state index is 0.208. The molecule has 2 aromatic rings. The molecule has 1 N–H and O–H groups in total. The van der Waals surface area contributed by atoms with Gasteiger partial charge in [0.2, 0.25) is 0 Å². The predicted molar refractivity (Wildman–Crippen MR) is 58.0 cm³/mol. The van der Waals surface area contributed by atoms with Crippen molar-refractivity contribution in [1.29, 1.82) is 0 Å². The van der Waals surface area contributed by atoms with Gasteiger partial charge in [0.1, 0.15) is 11.5 Å². The largest absolute Gasteiger partial charge is 0.390 e. The number of aliphatic hydroxyl groups excluding tert-OH is 1. The van der Waals surface area contributed by atoms with Crippen molar-refractivity contribution in [1.82, 2.24) is 15.0 Å². The summed E-state index contributed by atoms with van der Waals surface area (Å²) in [4.78, 5) is 0. The van der Waals surface area contributed by atoms with Crippen molar-refractivity contribution in [3.05, 3.63) is 41.5 Å². The van der Waals surface area contributed by atoms with Crippen LogP contribution in [0.15, 0.2) is 24.3 Å². The zero-order chi connectivity index (χ0) is 12.3. The van der Waals surface area contributed by atoms with Crippen LogP contribution in [0.2, 0.25) is 0 Å². The van der Waals surface area contributed by atoms with Crippen LogP contribution in [-0.4, -0.2) is 27.2 Å². The van der Waals surface area contributed by atoms with Gasteiger partial charge in [-0.2, -0.15) is 0 Å². The summed E-state index contributed by atoms with van der Waals surface area (Å²) in [5, 5.41) is 16.9. The molecule has 6 heteroatoms. The lowest BCUT2D eigenvalue weighted by molar-refractivity contribution is 0.175. The summed E-state index contributed by atoms with van der Waals surface area (Å²) in [6, 6.07) is 5.85. The zero-order valence-electron chi connectivity index (χ0n) is 9.30. The molecule has 0 bridgehead atoms. The summed E-state index contributed by atoms with van der Waals surface area (Å²) < 4.78 is 19.4. The van der Waals surface area contributed by atoms with Crippen molar-refractivity contribution in [2.75, 3.05) is 7.11 Å². The van der Waals surface area contributed by atoms with Gasteiger partial charge in [0.25, 0.3) is 0 Å². The maximum Gasteiger partial charge on any atom is 0.123 e. The highest BCUT2D eigenvalue weighted by Gasteiger charge is 2.13. The zero-order valence-corrected chi connectivity index (χ0v) is 9.30. The quantitative estimate of drug-likeness (QED) is 0.863. The van der Waals surface area contributed by atoms with Gasteiger partial charge in [-0.1, -0.05) is 5.21 Å². The van der Waals surface area contributed by atoms with Crippen LogP contribution >= 0.6 is 0 Å². The van der Waals surface area contributed by atoms with Gasteiger partial charge in [0, 0.05) is 7.11 Å². The van der Waals surface area contributed by atoms with E-state index < -0.39 is 0 Å². The fraction of sp³-hybridized carbons (Fsp3) is 0.273. The van der Waals surface area contributed by atoms with Crippen LogP contribution in [0.5, 0.6) is 0 Å². The minimum atomic E-state index is -0.315. The SMILES string of the molecule is COCc1c(CO)nnn1-c1ccc(F)cc1. The molecule has 5 nitrogen and oxygen atoms in total. The Morgan fingerprint density at radius 3 is 2.65 bits per heavy atom. The van der Waals surface area contributed by atoms with Crippen LogP contribution in [0.4, 0.5) is 4.39 Å². The number of aromatic nitrogens is 3. The van der Waals surface area contributed by atoms with Crippen LogP contribution < -0.4 is 0 Å². The maximum absolute atomic E-state index is 12.8. The van der Waals surface area contributed by atoms with Crippen LogP contribution in [0.3, 0.4) is 0 Å². The van der Waals surface area contributed by atoms with Crippen molar-refractivity contribution in [2.45, 2.75) is 13.2 Å². The molecule has 0 aliphatic rings. The molecule has 1 heterocycles. The summed E-state index contributed by atoms with van der Waals surface area (Å²) in [5.74, 6) is -0.315. The number of nitrogens with zero attached hydrogens (tertiary/aromatic N) is 3. The number of aliphatic hydroxyl groups is 1. The molecule has 0 saturated carbocycles. The third kappa shape index (κ3) is 2.32. The number of rotatable bonds is 4. The minimum Gasteiger partial charge on any atom is -0.390 e. The Kier molecular flexibility index (Phi) is 3.46. The van der Waals surface area contributed by atoms with Gasteiger partial charge in [0.05, 0.1) is 24.6 Å². The van der Waals surface area contributed by atoms with Gasteiger partial charge in [-0.15, -0.1) is 5.10 Å². The smallest absolute Gasteiger partial charge is 0.123 e. The third-order valence-corrected chi connectivity index (χ3v) is 2.35. The summed E-state index contributed by atoms with van der Waals surface area (Å²) in [7, 11) is 1.54. The van der Waals surface area contributed by atoms with E-state index >= 15 is 0 Å². The lowest BCUT2D eigenvalue weighted by Gasteiger charge is -2.06. The topological polar surface area (TPSA) is 60.2 Å². The molecule has 0 aliphatic heterocycles. The molecule has 0 unspecified atom stereocenters. The van der Waals surface area contributed by atoms with E-state index in [1.165, 1.54) is 16.8 Å². The third-order valence-electron chi connectivity index (χ3n) is 2.35. The number of ether oxygens (including phenoxy) is 1. The van der Waals surface area contributed by atoms with E-state index in [4.69, 9.17) is 9.84 Å². The van der Waals surface area contributed by atoms with Crippen molar-refractivity contribution >= 4 is 0 Å². The summed E-state index contributed by atoms with van der Waals surface area (Å²) >= 11 is 0. The normalized spacial score (nSPS) is 10.8. The first kappa shape index (κ1) is 11.7. The Labute approximate surface area is 97.5 Å². The highest BCUT2D eigenvalue weighted by Crippen LogP contribution is 2.14. The maximum atomic E-state index is 12.8. The standard InChI is InChI=1S/C11H12FN3O2/c1-17-7-11-10(6-16)13-14-15(11)9-4-2-8(12)3-5-9/h2-5,16H,6-7H2,1H3. The van der Waals surface area contributed by atoms with Gasteiger partial charge in [0.15, 0.2) is 0 Å².